The zero-order chi connectivity index (χ0) is 29.8. The second kappa shape index (κ2) is 10.6. The summed E-state index contributed by atoms with van der Waals surface area (Å²) >= 11 is 6.33. The largest absolute Gasteiger partial charge is 0.383 e. The Labute approximate surface area is 244 Å². The number of nitrogens with one attached hydrogen (secondary N) is 1. The zero-order valence-electron chi connectivity index (χ0n) is 21.9. The molecule has 2 N–H and O–H groups in total. The van der Waals surface area contributed by atoms with Gasteiger partial charge in [-0.2, -0.15) is 0 Å². The lowest BCUT2D eigenvalue weighted by Gasteiger charge is -2.39. The highest BCUT2D eigenvalue weighted by Gasteiger charge is 2.55. The molecular weight excluding hydrogens is 593 g/mol. The van der Waals surface area contributed by atoms with Crippen LogP contribution in [0.3, 0.4) is 0 Å². The van der Waals surface area contributed by atoms with Gasteiger partial charge in [-0.15, -0.1) is 0 Å². The fourth-order valence-electron chi connectivity index (χ4n) is 6.32. The molecule has 0 aliphatic heterocycles. The van der Waals surface area contributed by atoms with E-state index in [1.807, 2.05) is 30.3 Å². The molecule has 12 heteroatoms. The number of sulfone groups is 1. The molecule has 4 atom stereocenters. The maximum Gasteiger partial charge on any atom is 0.255 e. The molecule has 2 aliphatic carbocycles. The number of aromatic nitrogens is 1. The van der Waals surface area contributed by atoms with E-state index in [2.05, 4.69) is 10.5 Å². The molecular formula is C30H24ClF3N2O5S. The van der Waals surface area contributed by atoms with E-state index in [4.69, 9.17) is 16.1 Å². The molecule has 0 spiro atoms. The predicted molar refractivity (Wildman–Crippen MR) is 148 cm³/mol. The lowest BCUT2D eigenvalue weighted by atomic mass is 9.75. The van der Waals surface area contributed by atoms with Gasteiger partial charge in [0.25, 0.3) is 5.91 Å². The monoisotopic (exact) mass is 616 g/mol. The predicted octanol–water partition coefficient (Wildman–Crippen LogP) is 6.51. The number of hydrogen-bond acceptors (Lipinski definition) is 6. The topological polar surface area (TPSA) is 110 Å². The van der Waals surface area contributed by atoms with E-state index < -0.39 is 55.9 Å². The van der Waals surface area contributed by atoms with Crippen molar-refractivity contribution in [2.45, 2.75) is 41.4 Å². The lowest BCUT2D eigenvalue weighted by Crippen LogP contribution is -2.44. The molecule has 42 heavy (non-hydrogen) atoms. The van der Waals surface area contributed by atoms with Crippen LogP contribution in [0.25, 0.3) is 11.3 Å². The highest BCUT2D eigenvalue weighted by atomic mass is 35.5. The van der Waals surface area contributed by atoms with Gasteiger partial charge < -0.3 is 14.9 Å². The van der Waals surface area contributed by atoms with Crippen LogP contribution in [0.15, 0.2) is 76.1 Å². The summed E-state index contributed by atoms with van der Waals surface area (Å²) in [5, 5.41) is 17.1. The molecule has 0 radical (unpaired) electrons. The van der Waals surface area contributed by atoms with E-state index in [0.29, 0.717) is 36.4 Å². The van der Waals surface area contributed by atoms with Gasteiger partial charge in [-0.3, -0.25) is 4.79 Å². The lowest BCUT2D eigenvalue weighted by molar-refractivity contribution is -0.0298. The fourth-order valence-corrected chi connectivity index (χ4v) is 9.16. The van der Waals surface area contributed by atoms with Gasteiger partial charge in [0.15, 0.2) is 33.0 Å². The Morgan fingerprint density at radius 2 is 1.62 bits per heavy atom. The Hall–Kier alpha value is -3.67. The normalized spacial score (nSPS) is 23.6. The summed E-state index contributed by atoms with van der Waals surface area (Å²) in [4.78, 5) is 12.6. The number of fused-ring (bicyclic) bond motifs is 2. The molecule has 1 amide bonds. The standard InChI is InChI=1S/C30H24ClF3N2O5S/c31-21-9-8-17(29(37)35-20-11-22(32)27(34)23(33)12-20)10-25(21)42(39,40)28-18-6-7-19(28)15-30(38,14-18)26-13-24(41-36-26)16-4-2-1-3-5-16/h1-5,8-13,18-19,28,38H,6-7,14-15H2,(H,35,37)/t18-,19?,28?,30-/m0/s1. The minimum atomic E-state index is -4.08. The molecule has 1 heterocycles. The number of amides is 1. The number of benzene rings is 3. The molecule has 2 fully saturated rings. The van der Waals surface area contributed by atoms with Crippen molar-refractivity contribution in [1.82, 2.24) is 5.16 Å². The van der Waals surface area contributed by atoms with Crippen molar-refractivity contribution < 1.29 is 36.0 Å². The Morgan fingerprint density at radius 1 is 0.976 bits per heavy atom. The third kappa shape index (κ3) is 4.99. The molecule has 218 valence electrons. The van der Waals surface area contributed by atoms with Gasteiger partial charge in [0.2, 0.25) is 0 Å². The molecule has 2 saturated carbocycles. The Kier molecular flexibility index (Phi) is 7.15. The molecule has 2 aliphatic rings. The van der Waals surface area contributed by atoms with Gasteiger partial charge in [-0.05, 0) is 55.7 Å². The van der Waals surface area contributed by atoms with Gasteiger partial charge in [0.05, 0.1) is 15.2 Å². The first-order valence-electron chi connectivity index (χ1n) is 13.2. The van der Waals surface area contributed by atoms with Crippen molar-refractivity contribution in [2.24, 2.45) is 11.8 Å². The second-order valence-corrected chi connectivity index (χ2v) is 13.3. The number of carbonyl (C=O) groups excluding carboxylic acids is 1. The number of carbonyl (C=O) groups is 1. The maximum atomic E-state index is 14.0. The summed E-state index contributed by atoms with van der Waals surface area (Å²) in [7, 11) is -4.08. The number of halogens is 4. The van der Waals surface area contributed by atoms with Gasteiger partial charge in [0.1, 0.15) is 11.3 Å². The SMILES string of the molecule is O=C(Nc1cc(F)c(F)c(F)c1)c1ccc(Cl)c(S(=O)(=O)C2C3CC[C@H]2C[C@@](O)(c2cc(-c4ccccc4)on2)C3)c1. The smallest absolute Gasteiger partial charge is 0.255 e. The number of anilines is 1. The molecule has 1 aromatic heterocycles. The first-order chi connectivity index (χ1) is 20.0. The molecule has 0 saturated heterocycles. The van der Waals surface area contributed by atoms with Gasteiger partial charge >= 0.3 is 0 Å². The molecule has 2 bridgehead atoms. The van der Waals surface area contributed by atoms with Crippen molar-refractivity contribution in [3.8, 4) is 11.3 Å². The molecule has 7 nitrogen and oxygen atoms in total. The van der Waals surface area contributed by atoms with Crippen molar-refractivity contribution in [1.29, 1.82) is 0 Å². The maximum absolute atomic E-state index is 14.0. The van der Waals surface area contributed by atoms with Crippen LogP contribution in [0.5, 0.6) is 0 Å². The third-order valence-corrected chi connectivity index (χ3v) is 11.1. The average Bonchev–Trinajstić information content (AvgIpc) is 3.57. The quantitative estimate of drug-likeness (QED) is 0.239. The number of nitrogens with zero attached hydrogens (tertiary/aromatic N) is 1. The summed E-state index contributed by atoms with van der Waals surface area (Å²) in [6.45, 7) is 0. The van der Waals surface area contributed by atoms with Crippen LogP contribution < -0.4 is 5.32 Å². The number of aliphatic hydroxyl groups is 1. The molecule has 2 unspecified atom stereocenters. The van der Waals surface area contributed by atoms with E-state index in [1.165, 1.54) is 12.1 Å². The highest BCUT2D eigenvalue weighted by Crippen LogP contribution is 2.54. The first-order valence-corrected chi connectivity index (χ1v) is 15.1. The average molecular weight is 617 g/mol. The third-order valence-electron chi connectivity index (χ3n) is 8.18. The van der Waals surface area contributed by atoms with Crippen LogP contribution in [-0.4, -0.2) is 29.8 Å². The van der Waals surface area contributed by atoms with Crippen molar-refractivity contribution in [2.75, 3.05) is 5.32 Å². The van der Waals surface area contributed by atoms with E-state index >= 15 is 0 Å². The zero-order valence-corrected chi connectivity index (χ0v) is 23.4. The van der Waals surface area contributed by atoms with Gasteiger partial charge in [0, 0.05) is 35.0 Å². The van der Waals surface area contributed by atoms with Crippen LogP contribution in [-0.2, 0) is 15.4 Å². The Bertz CT molecular complexity index is 1760. The number of hydrogen-bond donors (Lipinski definition) is 2. The van der Waals surface area contributed by atoms with Crippen LogP contribution in [0.1, 0.15) is 41.7 Å². The summed E-state index contributed by atoms with van der Waals surface area (Å²) in [5.74, 6) is -5.84. The molecule has 3 aromatic carbocycles. The van der Waals surface area contributed by atoms with Crippen LogP contribution >= 0.6 is 11.6 Å². The highest BCUT2D eigenvalue weighted by molar-refractivity contribution is 7.92. The summed E-state index contributed by atoms with van der Waals surface area (Å²) in [6.07, 6.45) is 1.43. The first kappa shape index (κ1) is 28.4. The van der Waals surface area contributed by atoms with Crippen molar-refractivity contribution in [3.63, 3.8) is 0 Å². The van der Waals surface area contributed by atoms with Crippen molar-refractivity contribution in [3.05, 3.63) is 100 Å². The van der Waals surface area contributed by atoms with Crippen LogP contribution in [0, 0.1) is 29.3 Å². The van der Waals surface area contributed by atoms with E-state index in [1.54, 1.807) is 6.07 Å². The summed E-state index contributed by atoms with van der Waals surface area (Å²) < 4.78 is 74.0. The Balaban J connectivity index is 1.25. The molecule has 6 rings (SSSR count). The van der Waals surface area contributed by atoms with E-state index in [9.17, 15) is 31.5 Å². The summed E-state index contributed by atoms with van der Waals surface area (Å²) in [5.41, 5.74) is -0.700. The Morgan fingerprint density at radius 3 is 2.26 bits per heavy atom. The van der Waals surface area contributed by atoms with Gasteiger partial charge in [-0.1, -0.05) is 47.1 Å². The fraction of sp³-hybridized carbons (Fsp3) is 0.267. The number of rotatable bonds is 6. The van der Waals surface area contributed by atoms with Crippen LogP contribution in [0.2, 0.25) is 5.02 Å². The minimum Gasteiger partial charge on any atom is -0.383 e. The minimum absolute atomic E-state index is 0.0883. The second-order valence-electron chi connectivity index (χ2n) is 10.8. The molecule has 4 aromatic rings. The van der Waals surface area contributed by atoms with E-state index in [-0.39, 0.29) is 34.0 Å². The van der Waals surface area contributed by atoms with Crippen LogP contribution in [0.4, 0.5) is 18.9 Å². The van der Waals surface area contributed by atoms with Gasteiger partial charge in [-0.25, -0.2) is 21.6 Å². The van der Waals surface area contributed by atoms with E-state index in [0.717, 1.165) is 11.6 Å². The van der Waals surface area contributed by atoms with Crippen molar-refractivity contribution >= 4 is 33.0 Å². The summed E-state index contributed by atoms with van der Waals surface area (Å²) in [6, 6.07) is 15.9.